The van der Waals surface area contributed by atoms with E-state index in [0.29, 0.717) is 0 Å². The Morgan fingerprint density at radius 1 is 0.439 bits per heavy atom. The highest BCUT2D eigenvalue weighted by molar-refractivity contribution is 6.13. The lowest BCUT2D eigenvalue weighted by Gasteiger charge is -2.10. The molecule has 5 aromatic carbocycles. The summed E-state index contributed by atoms with van der Waals surface area (Å²) in [5, 5.41) is 10.4. The summed E-state index contributed by atoms with van der Waals surface area (Å²) >= 11 is 0. The maximum atomic E-state index is 5.61. The minimum Gasteiger partial charge on any atom is -0.470 e. The number of para-hydroxylation sites is 2. The predicted octanol–water partition coefficient (Wildman–Crippen LogP) is 9.66. The van der Waals surface area contributed by atoms with Gasteiger partial charge in [-0.15, -0.1) is 0 Å². The number of rotatable bonds is 3. The molecule has 0 saturated heterocycles. The van der Waals surface area contributed by atoms with Crippen LogP contribution in [0.3, 0.4) is 0 Å². The summed E-state index contributed by atoms with van der Waals surface area (Å²) in [4.78, 5) is 0. The van der Waals surface area contributed by atoms with Gasteiger partial charge in [0, 0.05) is 27.2 Å². The Morgan fingerprint density at radius 3 is 2.02 bits per heavy atom. The topological polar surface area (TPSA) is 35.4 Å². The van der Waals surface area contributed by atoms with Gasteiger partial charge in [-0.25, -0.2) is 4.52 Å². The third kappa shape index (κ3) is 3.25. The van der Waals surface area contributed by atoms with Crippen LogP contribution >= 0.6 is 0 Å². The molecule has 0 atom stereocenters. The van der Waals surface area contributed by atoms with E-state index in [1.54, 1.807) is 6.26 Å². The number of hydrogen-bond acceptors (Lipinski definition) is 2. The zero-order valence-electron chi connectivity index (χ0n) is 22.0. The smallest absolute Gasteiger partial charge is 0.117 e. The van der Waals surface area contributed by atoms with Crippen LogP contribution in [0.5, 0.6) is 0 Å². The third-order valence-electron chi connectivity index (χ3n) is 8.31. The highest BCUT2D eigenvalue weighted by Crippen LogP contribution is 2.37. The molecule has 0 spiro atoms. The molecule has 0 aliphatic rings. The summed E-state index contributed by atoms with van der Waals surface area (Å²) in [6.45, 7) is 0. The van der Waals surface area contributed by atoms with Crippen LogP contribution in [0.2, 0.25) is 0 Å². The van der Waals surface area contributed by atoms with E-state index in [-0.39, 0.29) is 0 Å². The first-order valence-corrected chi connectivity index (χ1v) is 13.8. The standard InChI is InChI=1S/C37H23N3O/c1-2-9-28(10-3-1)39-34-12-5-4-11-29(34)32-21-27(14-16-35(32)39)25-8-6-7-24(19-25)26-13-15-30-31(20-26)33-22-41-23-37(33)40-36(30)17-18-38-40/h1-23H. The van der Waals surface area contributed by atoms with Crippen molar-refractivity contribution in [2.24, 2.45) is 0 Å². The molecule has 4 nitrogen and oxygen atoms in total. The Hall–Kier alpha value is -5.61. The van der Waals surface area contributed by atoms with E-state index in [2.05, 4.69) is 131 Å². The third-order valence-corrected chi connectivity index (χ3v) is 8.31. The van der Waals surface area contributed by atoms with Crippen molar-refractivity contribution in [1.82, 2.24) is 14.2 Å². The molecule has 0 saturated carbocycles. The molecule has 4 heterocycles. The van der Waals surface area contributed by atoms with Crippen LogP contribution in [0, 0.1) is 0 Å². The van der Waals surface area contributed by atoms with Gasteiger partial charge in [-0.1, -0.05) is 72.8 Å². The first kappa shape index (κ1) is 22.2. The highest BCUT2D eigenvalue weighted by Gasteiger charge is 2.14. The Kier molecular flexibility index (Phi) is 4.58. The van der Waals surface area contributed by atoms with Crippen molar-refractivity contribution in [3.8, 4) is 27.9 Å². The summed E-state index contributed by atoms with van der Waals surface area (Å²) in [7, 11) is 0. The second-order valence-electron chi connectivity index (χ2n) is 10.6. The molecule has 0 bridgehead atoms. The average Bonchev–Trinajstić information content (AvgIpc) is 3.79. The first-order chi connectivity index (χ1) is 20.3. The second-order valence-corrected chi connectivity index (χ2v) is 10.6. The number of hydrogen-bond donors (Lipinski definition) is 0. The van der Waals surface area contributed by atoms with Crippen molar-refractivity contribution in [1.29, 1.82) is 0 Å². The molecular formula is C37H23N3O. The van der Waals surface area contributed by atoms with E-state index in [1.807, 2.05) is 17.0 Å². The Bertz CT molecular complexity index is 2420. The van der Waals surface area contributed by atoms with Gasteiger partial charge < -0.3 is 8.98 Å². The van der Waals surface area contributed by atoms with Gasteiger partial charge in [0.15, 0.2) is 0 Å². The molecule has 0 N–H and O–H groups in total. The van der Waals surface area contributed by atoms with Gasteiger partial charge in [0.25, 0.3) is 0 Å². The zero-order chi connectivity index (χ0) is 26.9. The summed E-state index contributed by atoms with van der Waals surface area (Å²) in [6.07, 6.45) is 5.43. The molecule has 4 heteroatoms. The van der Waals surface area contributed by atoms with Crippen LogP contribution in [0.25, 0.3) is 76.9 Å². The van der Waals surface area contributed by atoms with Crippen LogP contribution in [-0.2, 0) is 0 Å². The molecular weight excluding hydrogens is 502 g/mol. The lowest BCUT2D eigenvalue weighted by atomic mass is 9.96. The van der Waals surface area contributed by atoms with Gasteiger partial charge in [0.1, 0.15) is 18.0 Å². The van der Waals surface area contributed by atoms with Gasteiger partial charge in [0.2, 0.25) is 0 Å². The number of furan rings is 1. The minimum atomic E-state index is 0.978. The predicted molar refractivity (Wildman–Crippen MR) is 168 cm³/mol. The van der Waals surface area contributed by atoms with Crippen molar-refractivity contribution < 1.29 is 4.42 Å². The number of pyridine rings is 1. The van der Waals surface area contributed by atoms with Crippen molar-refractivity contribution >= 4 is 49.0 Å². The monoisotopic (exact) mass is 525 g/mol. The Morgan fingerprint density at radius 2 is 1.15 bits per heavy atom. The molecule has 0 unspecified atom stereocenters. The van der Waals surface area contributed by atoms with E-state index in [4.69, 9.17) is 4.42 Å². The first-order valence-electron chi connectivity index (χ1n) is 13.8. The SMILES string of the molecule is c1ccc(-n2c3ccccc3c3cc(-c4cccc(-c5ccc6c(c5)c5cocc5n5nccc65)c4)ccc32)cc1. The summed E-state index contributed by atoms with van der Waals surface area (Å²) < 4.78 is 9.91. The maximum absolute atomic E-state index is 5.61. The number of fused-ring (bicyclic) bond motifs is 9. The fraction of sp³-hybridized carbons (Fsp3) is 0. The number of nitrogens with zero attached hydrogens (tertiary/aromatic N) is 3. The van der Waals surface area contributed by atoms with Crippen molar-refractivity contribution in [3.63, 3.8) is 0 Å². The minimum absolute atomic E-state index is 0.978. The van der Waals surface area contributed by atoms with E-state index >= 15 is 0 Å². The van der Waals surface area contributed by atoms with Crippen LogP contribution in [-0.4, -0.2) is 14.2 Å². The Balaban J connectivity index is 1.20. The van der Waals surface area contributed by atoms with Crippen molar-refractivity contribution in [2.75, 3.05) is 0 Å². The number of benzene rings is 5. The maximum Gasteiger partial charge on any atom is 0.117 e. The lowest BCUT2D eigenvalue weighted by Crippen LogP contribution is -1.92. The van der Waals surface area contributed by atoms with E-state index in [1.165, 1.54) is 55.1 Å². The molecule has 192 valence electrons. The molecule has 9 rings (SSSR count). The summed E-state index contributed by atoms with van der Waals surface area (Å²) in [5.74, 6) is 0. The molecule has 0 aliphatic heterocycles. The molecule has 0 amide bonds. The molecule has 41 heavy (non-hydrogen) atoms. The van der Waals surface area contributed by atoms with Gasteiger partial charge in [-0.05, 0) is 76.2 Å². The fourth-order valence-corrected chi connectivity index (χ4v) is 6.41. The second kappa shape index (κ2) is 8.44. The van der Waals surface area contributed by atoms with Gasteiger partial charge in [-0.3, -0.25) is 0 Å². The van der Waals surface area contributed by atoms with Gasteiger partial charge in [0.05, 0.1) is 22.7 Å². The largest absolute Gasteiger partial charge is 0.470 e. The van der Waals surface area contributed by atoms with Crippen LogP contribution in [0.4, 0.5) is 0 Å². The molecule has 4 aromatic heterocycles. The molecule has 0 aliphatic carbocycles. The van der Waals surface area contributed by atoms with Crippen LogP contribution in [0.1, 0.15) is 0 Å². The van der Waals surface area contributed by atoms with Crippen LogP contribution < -0.4 is 0 Å². The quantitative estimate of drug-likeness (QED) is 0.230. The van der Waals surface area contributed by atoms with Gasteiger partial charge >= 0.3 is 0 Å². The molecule has 9 aromatic rings. The Labute approximate surface area is 235 Å². The lowest BCUT2D eigenvalue weighted by molar-refractivity contribution is 0.571. The average molecular weight is 526 g/mol. The number of aromatic nitrogens is 3. The molecule has 0 fully saturated rings. The van der Waals surface area contributed by atoms with Crippen molar-refractivity contribution in [3.05, 3.63) is 140 Å². The van der Waals surface area contributed by atoms with E-state index in [0.717, 1.165) is 21.8 Å². The zero-order valence-corrected chi connectivity index (χ0v) is 22.0. The summed E-state index contributed by atoms with van der Waals surface area (Å²) in [6, 6.07) is 43.7. The summed E-state index contributed by atoms with van der Waals surface area (Å²) in [5.41, 5.74) is 10.4. The van der Waals surface area contributed by atoms with Gasteiger partial charge in [-0.2, -0.15) is 5.10 Å². The van der Waals surface area contributed by atoms with Crippen LogP contribution in [0.15, 0.2) is 144 Å². The normalized spacial score (nSPS) is 11.9. The van der Waals surface area contributed by atoms with Crippen molar-refractivity contribution in [2.45, 2.75) is 0 Å². The molecule has 0 radical (unpaired) electrons. The fourth-order valence-electron chi connectivity index (χ4n) is 6.41. The van der Waals surface area contributed by atoms with E-state index < -0.39 is 0 Å². The van der Waals surface area contributed by atoms with E-state index in [9.17, 15) is 0 Å². The highest BCUT2D eigenvalue weighted by atomic mass is 16.3.